The van der Waals surface area contributed by atoms with Crippen molar-refractivity contribution in [2.45, 2.75) is 57.7 Å². The summed E-state index contributed by atoms with van der Waals surface area (Å²) in [5.41, 5.74) is 0.862. The van der Waals surface area contributed by atoms with E-state index in [1.165, 1.54) is 0 Å². The van der Waals surface area contributed by atoms with Gasteiger partial charge in [0.2, 0.25) is 0 Å². The zero-order valence-electron chi connectivity index (χ0n) is 13.6. The van der Waals surface area contributed by atoms with Crippen molar-refractivity contribution in [1.82, 2.24) is 5.32 Å². The lowest BCUT2D eigenvalue weighted by molar-refractivity contribution is 0.0505. The number of nitriles is 1. The van der Waals surface area contributed by atoms with Gasteiger partial charge in [0.1, 0.15) is 5.60 Å². The second-order valence-corrected chi connectivity index (χ2v) is 7.21. The predicted molar refractivity (Wildman–Crippen MR) is 90.6 cm³/mol. The lowest BCUT2D eigenvalue weighted by Gasteiger charge is -2.22. The lowest BCUT2D eigenvalue weighted by Crippen LogP contribution is -2.38. The quantitative estimate of drug-likeness (QED) is 0.873. The molecule has 0 radical (unpaired) electrons. The number of alkyl carbamates (subject to hydrolysis) is 1. The van der Waals surface area contributed by atoms with Gasteiger partial charge in [0, 0.05) is 12.1 Å². The van der Waals surface area contributed by atoms with E-state index in [0.29, 0.717) is 10.6 Å². The molecule has 1 fully saturated rings. The van der Waals surface area contributed by atoms with E-state index in [0.717, 1.165) is 24.9 Å². The Morgan fingerprint density at radius 3 is 2.65 bits per heavy atom. The van der Waals surface area contributed by atoms with E-state index < -0.39 is 5.60 Å². The maximum atomic E-state index is 11.8. The predicted octanol–water partition coefficient (Wildman–Crippen LogP) is 4.07. The highest BCUT2D eigenvalue weighted by molar-refractivity contribution is 6.33. The molecule has 23 heavy (non-hydrogen) atoms. The van der Waals surface area contributed by atoms with Crippen LogP contribution in [0.3, 0.4) is 0 Å². The van der Waals surface area contributed by atoms with Gasteiger partial charge in [0.15, 0.2) is 0 Å². The number of nitrogens with zero attached hydrogens (tertiary/aromatic N) is 1. The molecule has 1 saturated carbocycles. The standard InChI is InChI=1S/C17H22ClN3O2/c1-17(2,3)23-16(22)21-13-6-5-12(9-13)20-15-7-4-11(10-19)8-14(15)18/h4,7-8,12-13,20H,5-6,9H2,1-3H3,(H,21,22). The molecular formula is C17H22ClN3O2. The van der Waals surface area contributed by atoms with Crippen LogP contribution in [0, 0.1) is 11.3 Å². The molecule has 0 bridgehead atoms. The summed E-state index contributed by atoms with van der Waals surface area (Å²) in [7, 11) is 0. The zero-order valence-corrected chi connectivity index (χ0v) is 14.4. The average molecular weight is 336 g/mol. The van der Waals surface area contributed by atoms with Gasteiger partial charge < -0.3 is 15.4 Å². The monoisotopic (exact) mass is 335 g/mol. The van der Waals surface area contributed by atoms with E-state index in [2.05, 4.69) is 16.7 Å². The normalized spacial score (nSPS) is 20.7. The van der Waals surface area contributed by atoms with E-state index in [9.17, 15) is 4.79 Å². The van der Waals surface area contributed by atoms with E-state index in [4.69, 9.17) is 21.6 Å². The summed E-state index contributed by atoms with van der Waals surface area (Å²) in [4.78, 5) is 11.8. The smallest absolute Gasteiger partial charge is 0.407 e. The van der Waals surface area contributed by atoms with Crippen LogP contribution in [-0.2, 0) is 4.74 Å². The topological polar surface area (TPSA) is 74.2 Å². The summed E-state index contributed by atoms with van der Waals surface area (Å²) in [6.45, 7) is 5.54. The molecular weight excluding hydrogens is 314 g/mol. The van der Waals surface area contributed by atoms with E-state index in [-0.39, 0.29) is 18.2 Å². The molecule has 5 nitrogen and oxygen atoms in total. The molecule has 2 N–H and O–H groups in total. The van der Waals surface area contributed by atoms with Crippen LogP contribution in [0.1, 0.15) is 45.6 Å². The van der Waals surface area contributed by atoms with Crippen LogP contribution in [-0.4, -0.2) is 23.8 Å². The molecule has 1 aliphatic carbocycles. The molecule has 1 aromatic carbocycles. The number of anilines is 1. The highest BCUT2D eigenvalue weighted by atomic mass is 35.5. The summed E-state index contributed by atoms with van der Waals surface area (Å²) in [6.07, 6.45) is 2.27. The second-order valence-electron chi connectivity index (χ2n) is 6.80. The summed E-state index contributed by atoms with van der Waals surface area (Å²) < 4.78 is 5.28. The molecule has 1 aliphatic rings. The molecule has 1 aromatic rings. The van der Waals surface area contributed by atoms with Crippen molar-refractivity contribution in [3.05, 3.63) is 28.8 Å². The molecule has 1 amide bonds. The van der Waals surface area contributed by atoms with Crippen LogP contribution in [0.5, 0.6) is 0 Å². The van der Waals surface area contributed by atoms with E-state index in [1.54, 1.807) is 12.1 Å². The Hall–Kier alpha value is -1.93. The van der Waals surface area contributed by atoms with Crippen molar-refractivity contribution < 1.29 is 9.53 Å². The largest absolute Gasteiger partial charge is 0.444 e. The third kappa shape index (κ3) is 5.33. The SMILES string of the molecule is CC(C)(C)OC(=O)NC1CCC(Nc2ccc(C#N)cc2Cl)C1. The number of amides is 1. The fourth-order valence-electron chi connectivity index (χ4n) is 2.64. The fourth-order valence-corrected chi connectivity index (χ4v) is 2.87. The van der Waals surface area contributed by atoms with Gasteiger partial charge in [-0.1, -0.05) is 11.6 Å². The van der Waals surface area contributed by atoms with Gasteiger partial charge in [-0.05, 0) is 58.2 Å². The van der Waals surface area contributed by atoms with Crippen molar-refractivity contribution in [3.8, 4) is 6.07 Å². The van der Waals surface area contributed by atoms with Gasteiger partial charge in [0.05, 0.1) is 22.3 Å². The minimum absolute atomic E-state index is 0.0968. The number of hydrogen-bond acceptors (Lipinski definition) is 4. The number of halogens is 1. The first kappa shape index (κ1) is 17.4. The number of nitrogens with one attached hydrogen (secondary N) is 2. The molecule has 0 saturated heterocycles. The van der Waals surface area contributed by atoms with Gasteiger partial charge in [-0.2, -0.15) is 5.26 Å². The number of ether oxygens (including phenoxy) is 1. The van der Waals surface area contributed by atoms with E-state index in [1.807, 2.05) is 26.8 Å². The Labute approximate surface area is 142 Å². The summed E-state index contributed by atoms with van der Waals surface area (Å²) in [5, 5.41) is 15.7. The first-order valence-corrected chi connectivity index (χ1v) is 8.10. The molecule has 2 unspecified atom stereocenters. The molecule has 6 heteroatoms. The van der Waals surface area contributed by atoms with Crippen LogP contribution < -0.4 is 10.6 Å². The molecule has 0 heterocycles. The highest BCUT2D eigenvalue weighted by Crippen LogP contribution is 2.28. The first-order chi connectivity index (χ1) is 10.8. The van der Waals surface area contributed by atoms with E-state index >= 15 is 0 Å². The highest BCUT2D eigenvalue weighted by Gasteiger charge is 2.27. The third-order valence-electron chi connectivity index (χ3n) is 3.61. The van der Waals surface area contributed by atoms with Crippen LogP contribution >= 0.6 is 11.6 Å². The Bertz CT molecular complexity index is 619. The van der Waals surface area contributed by atoms with Gasteiger partial charge in [-0.25, -0.2) is 4.79 Å². The minimum Gasteiger partial charge on any atom is -0.444 e. The number of carbonyl (C=O) groups excluding carboxylic acids is 1. The van der Waals surface area contributed by atoms with Crippen LogP contribution in [0.4, 0.5) is 10.5 Å². The number of hydrogen-bond donors (Lipinski definition) is 2. The van der Waals surface area contributed by atoms with Crippen molar-refractivity contribution in [2.24, 2.45) is 0 Å². The third-order valence-corrected chi connectivity index (χ3v) is 3.92. The Morgan fingerprint density at radius 1 is 1.35 bits per heavy atom. The summed E-state index contributed by atoms with van der Waals surface area (Å²) in [6, 6.07) is 7.59. The van der Waals surface area contributed by atoms with Crippen molar-refractivity contribution in [1.29, 1.82) is 5.26 Å². The number of benzene rings is 1. The molecule has 0 aromatic heterocycles. The Balaban J connectivity index is 1.86. The molecule has 2 atom stereocenters. The molecule has 124 valence electrons. The number of carbonyl (C=O) groups is 1. The second kappa shape index (κ2) is 7.10. The fraction of sp³-hybridized carbons (Fsp3) is 0.529. The van der Waals surface area contributed by atoms with Gasteiger partial charge >= 0.3 is 6.09 Å². The molecule has 0 spiro atoms. The van der Waals surface area contributed by atoms with Gasteiger partial charge in [-0.15, -0.1) is 0 Å². The zero-order chi connectivity index (χ0) is 17.0. The minimum atomic E-state index is -0.490. The van der Waals surface area contributed by atoms with Crippen molar-refractivity contribution in [2.75, 3.05) is 5.32 Å². The van der Waals surface area contributed by atoms with Crippen molar-refractivity contribution >= 4 is 23.4 Å². The van der Waals surface area contributed by atoms with Gasteiger partial charge in [-0.3, -0.25) is 0 Å². The average Bonchev–Trinajstić information content (AvgIpc) is 2.86. The lowest BCUT2D eigenvalue weighted by atomic mass is 10.2. The number of rotatable bonds is 3. The maximum Gasteiger partial charge on any atom is 0.407 e. The molecule has 2 rings (SSSR count). The summed E-state index contributed by atoms with van der Waals surface area (Å²) in [5.74, 6) is 0. The first-order valence-electron chi connectivity index (χ1n) is 7.72. The Morgan fingerprint density at radius 2 is 2.04 bits per heavy atom. The summed E-state index contributed by atoms with van der Waals surface area (Å²) >= 11 is 6.18. The maximum absolute atomic E-state index is 11.8. The van der Waals surface area contributed by atoms with Gasteiger partial charge in [0.25, 0.3) is 0 Å². The van der Waals surface area contributed by atoms with Crippen LogP contribution in [0.15, 0.2) is 18.2 Å². The van der Waals surface area contributed by atoms with Crippen LogP contribution in [0.25, 0.3) is 0 Å². The Kier molecular flexibility index (Phi) is 5.38. The molecule has 0 aliphatic heterocycles. The van der Waals surface area contributed by atoms with Crippen LogP contribution in [0.2, 0.25) is 5.02 Å². The van der Waals surface area contributed by atoms with Crippen molar-refractivity contribution in [3.63, 3.8) is 0 Å².